The highest BCUT2D eigenvalue weighted by molar-refractivity contribution is 6.30. The number of aryl methyl sites for hydroxylation is 1. The third kappa shape index (κ3) is 8.25. The first-order chi connectivity index (χ1) is 17.9. The van der Waals surface area contributed by atoms with Crippen molar-refractivity contribution in [3.8, 4) is 11.5 Å². The van der Waals surface area contributed by atoms with Crippen LogP contribution in [0.15, 0.2) is 72.8 Å². The number of benzene rings is 3. The molecule has 2 amide bonds. The Hall–Kier alpha value is -3.51. The molecule has 3 rings (SSSR count). The van der Waals surface area contributed by atoms with Gasteiger partial charge in [0.05, 0.1) is 14.2 Å². The minimum Gasteiger partial charge on any atom is -0.493 e. The molecule has 37 heavy (non-hydrogen) atoms. The second-order valence-corrected chi connectivity index (χ2v) is 9.27. The van der Waals surface area contributed by atoms with Gasteiger partial charge in [-0.2, -0.15) is 0 Å². The van der Waals surface area contributed by atoms with Crippen LogP contribution in [0.5, 0.6) is 11.5 Å². The maximum Gasteiger partial charge on any atom is 0.243 e. The van der Waals surface area contributed by atoms with Gasteiger partial charge in [-0.3, -0.25) is 9.59 Å². The van der Waals surface area contributed by atoms with Gasteiger partial charge in [0.15, 0.2) is 11.5 Å². The zero-order valence-electron chi connectivity index (χ0n) is 21.7. The van der Waals surface area contributed by atoms with Crippen LogP contribution >= 0.6 is 11.6 Å². The summed E-state index contributed by atoms with van der Waals surface area (Å²) in [5.74, 6) is 1.00. The van der Waals surface area contributed by atoms with Crippen molar-refractivity contribution in [2.24, 2.45) is 0 Å². The van der Waals surface area contributed by atoms with E-state index in [0.717, 1.165) is 23.1 Å². The van der Waals surface area contributed by atoms with Crippen LogP contribution in [0.2, 0.25) is 5.02 Å². The SMILES string of the molecule is CCCNC(=O)[C@H](Cc1ccccc1)N(Cc1ccc(Cl)cc1)C(=O)CCc1ccc(OC)c(OC)c1. The maximum absolute atomic E-state index is 13.7. The summed E-state index contributed by atoms with van der Waals surface area (Å²) in [7, 11) is 3.18. The molecule has 196 valence electrons. The Morgan fingerprint density at radius 1 is 0.892 bits per heavy atom. The zero-order valence-corrected chi connectivity index (χ0v) is 22.5. The fourth-order valence-corrected chi connectivity index (χ4v) is 4.26. The van der Waals surface area contributed by atoms with E-state index in [9.17, 15) is 9.59 Å². The molecule has 0 radical (unpaired) electrons. The van der Waals surface area contributed by atoms with Gasteiger partial charge in [-0.05, 0) is 53.8 Å². The fourth-order valence-electron chi connectivity index (χ4n) is 4.14. The number of nitrogens with zero attached hydrogens (tertiary/aromatic N) is 1. The number of hydrogen-bond acceptors (Lipinski definition) is 4. The largest absolute Gasteiger partial charge is 0.493 e. The van der Waals surface area contributed by atoms with E-state index < -0.39 is 6.04 Å². The van der Waals surface area contributed by atoms with Crippen molar-refractivity contribution in [1.29, 1.82) is 0 Å². The normalized spacial score (nSPS) is 11.5. The van der Waals surface area contributed by atoms with E-state index in [1.807, 2.05) is 67.6 Å². The number of rotatable bonds is 13. The monoisotopic (exact) mass is 522 g/mol. The highest BCUT2D eigenvalue weighted by Crippen LogP contribution is 2.28. The lowest BCUT2D eigenvalue weighted by molar-refractivity contribution is -0.141. The number of nitrogens with one attached hydrogen (secondary N) is 1. The Morgan fingerprint density at radius 2 is 1.57 bits per heavy atom. The van der Waals surface area contributed by atoms with Gasteiger partial charge in [0.25, 0.3) is 0 Å². The molecular formula is C30H35ClN2O4. The van der Waals surface area contributed by atoms with Crippen molar-refractivity contribution in [3.63, 3.8) is 0 Å². The van der Waals surface area contributed by atoms with Gasteiger partial charge >= 0.3 is 0 Å². The average Bonchev–Trinajstić information content (AvgIpc) is 2.93. The van der Waals surface area contributed by atoms with E-state index in [2.05, 4.69) is 5.32 Å². The molecule has 0 saturated heterocycles. The molecule has 1 N–H and O–H groups in total. The number of carbonyl (C=O) groups excluding carboxylic acids is 2. The van der Waals surface area contributed by atoms with E-state index >= 15 is 0 Å². The van der Waals surface area contributed by atoms with Crippen molar-refractivity contribution < 1.29 is 19.1 Å². The summed E-state index contributed by atoms with van der Waals surface area (Å²) >= 11 is 6.09. The van der Waals surface area contributed by atoms with E-state index in [4.69, 9.17) is 21.1 Å². The van der Waals surface area contributed by atoms with Crippen molar-refractivity contribution in [1.82, 2.24) is 10.2 Å². The molecule has 0 aliphatic carbocycles. The van der Waals surface area contributed by atoms with Crippen LogP contribution in [0.25, 0.3) is 0 Å². The van der Waals surface area contributed by atoms with Gasteiger partial charge in [0, 0.05) is 31.0 Å². The molecule has 0 aromatic heterocycles. The summed E-state index contributed by atoms with van der Waals surface area (Å²) < 4.78 is 10.7. The molecule has 0 fully saturated rings. The first-order valence-corrected chi connectivity index (χ1v) is 12.9. The first kappa shape index (κ1) is 28.1. The predicted molar refractivity (Wildman–Crippen MR) is 147 cm³/mol. The molecule has 3 aromatic carbocycles. The van der Waals surface area contributed by atoms with Crippen molar-refractivity contribution in [2.45, 2.75) is 45.2 Å². The van der Waals surface area contributed by atoms with Crippen molar-refractivity contribution >= 4 is 23.4 Å². The molecule has 0 aliphatic rings. The Morgan fingerprint density at radius 3 is 2.22 bits per heavy atom. The summed E-state index contributed by atoms with van der Waals surface area (Å²) in [5.41, 5.74) is 2.85. The summed E-state index contributed by atoms with van der Waals surface area (Å²) in [4.78, 5) is 28.8. The van der Waals surface area contributed by atoms with E-state index in [-0.39, 0.29) is 18.2 Å². The van der Waals surface area contributed by atoms with Gasteiger partial charge < -0.3 is 19.7 Å². The second-order valence-electron chi connectivity index (χ2n) is 8.83. The third-order valence-corrected chi connectivity index (χ3v) is 6.41. The quantitative estimate of drug-likeness (QED) is 0.324. The fraction of sp³-hybridized carbons (Fsp3) is 0.333. The van der Waals surface area contributed by atoms with Gasteiger partial charge in [0.2, 0.25) is 11.8 Å². The number of carbonyl (C=O) groups is 2. The second kappa shape index (κ2) is 14.3. The van der Waals surface area contributed by atoms with Gasteiger partial charge in [-0.25, -0.2) is 0 Å². The van der Waals surface area contributed by atoms with Gasteiger partial charge in [-0.15, -0.1) is 0 Å². The molecule has 3 aromatic rings. The molecule has 7 heteroatoms. The van der Waals surface area contributed by atoms with E-state index in [1.54, 1.807) is 31.3 Å². The Kier molecular flexibility index (Phi) is 10.8. The smallest absolute Gasteiger partial charge is 0.243 e. The van der Waals surface area contributed by atoms with E-state index in [1.165, 1.54) is 0 Å². The summed E-state index contributed by atoms with van der Waals surface area (Å²) in [5, 5.41) is 3.62. The van der Waals surface area contributed by atoms with Crippen LogP contribution in [0.3, 0.4) is 0 Å². The Labute approximate surface area is 224 Å². The number of ether oxygens (including phenoxy) is 2. The number of hydrogen-bond donors (Lipinski definition) is 1. The molecule has 0 spiro atoms. The molecule has 0 heterocycles. The Bertz CT molecular complexity index is 1150. The minimum atomic E-state index is -0.650. The molecule has 0 aliphatic heterocycles. The van der Waals surface area contributed by atoms with Crippen LogP contribution in [0.1, 0.15) is 36.5 Å². The third-order valence-electron chi connectivity index (χ3n) is 6.16. The maximum atomic E-state index is 13.7. The number of amides is 2. The lowest BCUT2D eigenvalue weighted by Gasteiger charge is -2.31. The zero-order chi connectivity index (χ0) is 26.6. The Balaban J connectivity index is 1.88. The van der Waals surface area contributed by atoms with Crippen LogP contribution < -0.4 is 14.8 Å². The topological polar surface area (TPSA) is 67.9 Å². The van der Waals surface area contributed by atoms with Crippen LogP contribution in [-0.4, -0.2) is 43.5 Å². The first-order valence-electron chi connectivity index (χ1n) is 12.5. The summed E-state index contributed by atoms with van der Waals surface area (Å²) in [6.07, 6.45) is 1.99. The molecule has 6 nitrogen and oxygen atoms in total. The molecule has 0 saturated carbocycles. The number of halogens is 1. The minimum absolute atomic E-state index is 0.0997. The lowest BCUT2D eigenvalue weighted by Crippen LogP contribution is -2.50. The van der Waals surface area contributed by atoms with Crippen LogP contribution in [0.4, 0.5) is 0 Å². The van der Waals surface area contributed by atoms with Gasteiger partial charge in [0.1, 0.15) is 6.04 Å². The molecule has 0 bridgehead atoms. The highest BCUT2D eigenvalue weighted by Gasteiger charge is 2.30. The van der Waals surface area contributed by atoms with Gasteiger partial charge in [-0.1, -0.05) is 67.1 Å². The predicted octanol–water partition coefficient (Wildman–Crippen LogP) is 5.46. The number of methoxy groups -OCH3 is 2. The molecule has 1 atom stereocenters. The van der Waals surface area contributed by atoms with Crippen molar-refractivity contribution in [2.75, 3.05) is 20.8 Å². The average molecular weight is 523 g/mol. The van der Waals surface area contributed by atoms with Crippen molar-refractivity contribution in [3.05, 3.63) is 94.5 Å². The standard InChI is InChI=1S/C30H35ClN2O4/c1-4-18-32-30(35)26(19-22-8-6-5-7-9-22)33(21-24-10-14-25(31)15-11-24)29(34)17-13-23-12-16-27(36-2)28(20-23)37-3/h5-12,14-16,20,26H,4,13,17-19,21H2,1-3H3,(H,32,35)/t26-/m0/s1. The molecule has 0 unspecified atom stereocenters. The van der Waals surface area contributed by atoms with E-state index in [0.29, 0.717) is 42.5 Å². The summed E-state index contributed by atoms with van der Waals surface area (Å²) in [6, 6.07) is 22.2. The molecular weight excluding hydrogens is 488 g/mol. The highest BCUT2D eigenvalue weighted by atomic mass is 35.5. The lowest BCUT2D eigenvalue weighted by atomic mass is 10.0. The van der Waals surface area contributed by atoms with Crippen LogP contribution in [-0.2, 0) is 29.0 Å². The van der Waals surface area contributed by atoms with Crippen LogP contribution in [0, 0.1) is 0 Å². The summed E-state index contributed by atoms with van der Waals surface area (Å²) in [6.45, 7) is 2.87.